The van der Waals surface area contributed by atoms with Crippen molar-refractivity contribution in [2.24, 2.45) is 5.10 Å². The first-order valence-electron chi connectivity index (χ1n) is 9.62. The highest BCUT2D eigenvalue weighted by Crippen LogP contribution is 2.20. The van der Waals surface area contributed by atoms with Crippen LogP contribution < -0.4 is 10.7 Å². The molecule has 0 radical (unpaired) electrons. The van der Waals surface area contributed by atoms with Crippen LogP contribution in [-0.2, 0) is 26.2 Å². The Morgan fingerprint density at radius 2 is 1.75 bits per heavy atom. The third-order valence-electron chi connectivity index (χ3n) is 4.26. The van der Waals surface area contributed by atoms with Gasteiger partial charge >= 0.3 is 0 Å². The first-order chi connectivity index (χ1) is 15.3. The third kappa shape index (κ3) is 6.37. The molecule has 2 amide bonds. The van der Waals surface area contributed by atoms with E-state index in [1.54, 1.807) is 36.4 Å². The minimum atomic E-state index is -4.02. The van der Waals surface area contributed by atoms with Crippen molar-refractivity contribution in [2.75, 3.05) is 11.9 Å². The predicted octanol–water partition coefficient (Wildman–Crippen LogP) is 2.58. The van der Waals surface area contributed by atoms with Crippen LogP contribution >= 0.6 is 0 Å². The van der Waals surface area contributed by atoms with E-state index in [-0.39, 0.29) is 17.3 Å². The largest absolute Gasteiger partial charge is 0.463 e. The van der Waals surface area contributed by atoms with Crippen molar-refractivity contribution in [2.45, 2.75) is 18.4 Å². The van der Waals surface area contributed by atoms with Gasteiger partial charge in [0.2, 0.25) is 15.9 Å². The fraction of sp³-hybridized carbons (Fsp3) is 0.136. The Hall–Kier alpha value is -3.76. The molecule has 0 aliphatic rings. The number of carbonyl (C=O) groups excluding carboxylic acids is 2. The Morgan fingerprint density at radius 1 is 1.03 bits per heavy atom. The average Bonchev–Trinajstić information content (AvgIpc) is 3.27. The summed E-state index contributed by atoms with van der Waals surface area (Å²) < 4.78 is 32.7. The van der Waals surface area contributed by atoms with Crippen LogP contribution in [0.1, 0.15) is 18.2 Å². The number of nitrogens with one attached hydrogen (secondary N) is 2. The molecule has 0 saturated carbocycles. The number of anilines is 1. The average molecular weight is 455 g/mol. The Kier molecular flexibility index (Phi) is 7.53. The van der Waals surface area contributed by atoms with Crippen molar-refractivity contribution in [3.05, 3.63) is 84.3 Å². The number of hydrogen-bond acceptors (Lipinski definition) is 6. The number of benzene rings is 2. The van der Waals surface area contributed by atoms with Gasteiger partial charge in [0.05, 0.1) is 23.9 Å². The van der Waals surface area contributed by atoms with E-state index in [1.807, 2.05) is 6.07 Å². The Morgan fingerprint density at radius 3 is 2.38 bits per heavy atom. The second-order valence-electron chi connectivity index (χ2n) is 6.77. The number of rotatable bonds is 9. The number of hydrazone groups is 1. The second kappa shape index (κ2) is 10.5. The lowest BCUT2D eigenvalue weighted by Crippen LogP contribution is -2.39. The summed E-state index contributed by atoms with van der Waals surface area (Å²) in [6.07, 6.45) is 2.78. The SMILES string of the molecule is CC(=O)Nc1ccc(S(=O)(=O)N(CC(=O)N/N=C\c2ccco2)Cc2ccccc2)cc1. The first-order valence-corrected chi connectivity index (χ1v) is 11.1. The predicted molar refractivity (Wildman–Crippen MR) is 119 cm³/mol. The van der Waals surface area contributed by atoms with Crippen LogP contribution in [0, 0.1) is 0 Å². The van der Waals surface area contributed by atoms with Crippen LogP contribution in [0.5, 0.6) is 0 Å². The van der Waals surface area contributed by atoms with Crippen LogP contribution in [0.2, 0.25) is 0 Å². The maximum Gasteiger partial charge on any atom is 0.255 e. The fourth-order valence-corrected chi connectivity index (χ4v) is 4.19. The van der Waals surface area contributed by atoms with E-state index in [4.69, 9.17) is 4.42 Å². The number of amides is 2. The summed E-state index contributed by atoms with van der Waals surface area (Å²) in [5.74, 6) is -0.432. The quantitative estimate of drug-likeness (QED) is 0.380. The minimum absolute atomic E-state index is 0.00517. The van der Waals surface area contributed by atoms with Crippen LogP contribution in [0.3, 0.4) is 0 Å². The molecule has 0 fully saturated rings. The van der Waals surface area contributed by atoms with Gasteiger partial charge in [0.1, 0.15) is 5.76 Å². The molecule has 2 aromatic carbocycles. The number of carbonyl (C=O) groups is 2. The Bertz CT molecular complexity index is 1170. The van der Waals surface area contributed by atoms with E-state index < -0.39 is 22.5 Å². The molecule has 32 heavy (non-hydrogen) atoms. The molecule has 2 N–H and O–H groups in total. The number of sulfonamides is 1. The zero-order chi connectivity index (χ0) is 23.0. The van der Waals surface area contributed by atoms with Crippen molar-refractivity contribution in [1.82, 2.24) is 9.73 Å². The summed E-state index contributed by atoms with van der Waals surface area (Å²) in [6, 6.07) is 18.0. The molecular formula is C22H22N4O5S. The summed E-state index contributed by atoms with van der Waals surface area (Å²) in [5.41, 5.74) is 3.50. The molecule has 0 saturated heterocycles. The molecule has 0 aliphatic carbocycles. The van der Waals surface area contributed by atoms with Gasteiger partial charge in [-0.25, -0.2) is 13.8 Å². The van der Waals surface area contributed by atoms with E-state index in [0.717, 1.165) is 9.87 Å². The van der Waals surface area contributed by atoms with E-state index in [1.165, 1.54) is 43.7 Å². The topological polar surface area (TPSA) is 121 Å². The van der Waals surface area contributed by atoms with Gasteiger partial charge in [-0.2, -0.15) is 9.41 Å². The summed E-state index contributed by atoms with van der Waals surface area (Å²) in [4.78, 5) is 23.6. The van der Waals surface area contributed by atoms with Crippen molar-refractivity contribution in [3.8, 4) is 0 Å². The Labute approximate surface area is 185 Å². The first kappa shape index (κ1) is 22.9. The van der Waals surface area contributed by atoms with Crippen LogP contribution in [-0.4, -0.2) is 37.3 Å². The molecular weight excluding hydrogens is 432 g/mol. The van der Waals surface area contributed by atoms with Crippen LogP contribution in [0.4, 0.5) is 5.69 Å². The lowest BCUT2D eigenvalue weighted by molar-refractivity contribution is -0.121. The van der Waals surface area contributed by atoms with Gasteiger partial charge in [0, 0.05) is 19.2 Å². The van der Waals surface area contributed by atoms with Gasteiger partial charge in [-0.15, -0.1) is 0 Å². The van der Waals surface area contributed by atoms with Gasteiger partial charge in [-0.05, 0) is 42.0 Å². The second-order valence-corrected chi connectivity index (χ2v) is 8.71. The summed E-state index contributed by atoms with van der Waals surface area (Å²) >= 11 is 0. The normalized spacial score (nSPS) is 11.6. The molecule has 0 atom stereocenters. The summed E-state index contributed by atoms with van der Waals surface area (Å²) in [7, 11) is -4.02. The zero-order valence-corrected chi connectivity index (χ0v) is 18.1. The highest BCUT2D eigenvalue weighted by atomic mass is 32.2. The molecule has 0 bridgehead atoms. The van der Waals surface area contributed by atoms with Crippen LogP contribution in [0.15, 0.2) is 87.4 Å². The van der Waals surface area contributed by atoms with E-state index in [2.05, 4.69) is 15.8 Å². The maximum atomic E-state index is 13.3. The maximum absolute atomic E-state index is 13.3. The molecule has 0 unspecified atom stereocenters. The number of furan rings is 1. The lowest BCUT2D eigenvalue weighted by atomic mass is 10.2. The van der Waals surface area contributed by atoms with Gasteiger partial charge < -0.3 is 9.73 Å². The molecule has 9 nitrogen and oxygen atoms in total. The molecule has 10 heteroatoms. The monoisotopic (exact) mass is 454 g/mol. The van der Waals surface area contributed by atoms with Crippen molar-refractivity contribution >= 4 is 33.7 Å². The number of hydrogen-bond donors (Lipinski definition) is 2. The van der Waals surface area contributed by atoms with E-state index >= 15 is 0 Å². The van der Waals surface area contributed by atoms with Gasteiger partial charge in [-0.1, -0.05) is 30.3 Å². The van der Waals surface area contributed by atoms with Crippen molar-refractivity contribution in [1.29, 1.82) is 0 Å². The molecule has 0 spiro atoms. The molecule has 3 aromatic rings. The zero-order valence-electron chi connectivity index (χ0n) is 17.3. The standard InChI is InChI=1S/C22H22N4O5S/c1-17(27)24-19-9-11-21(12-10-19)32(29,30)26(15-18-6-3-2-4-7-18)16-22(28)25-23-14-20-8-5-13-31-20/h2-14H,15-16H2,1H3,(H,24,27)(H,25,28)/b23-14-. The summed E-state index contributed by atoms with van der Waals surface area (Å²) in [5, 5.41) is 6.37. The summed E-state index contributed by atoms with van der Waals surface area (Å²) in [6.45, 7) is 0.908. The smallest absolute Gasteiger partial charge is 0.255 e. The fourth-order valence-electron chi connectivity index (χ4n) is 2.80. The van der Waals surface area contributed by atoms with Gasteiger partial charge in [-0.3, -0.25) is 9.59 Å². The van der Waals surface area contributed by atoms with E-state index in [0.29, 0.717) is 11.4 Å². The molecule has 166 valence electrons. The molecule has 0 aliphatic heterocycles. The molecule has 1 heterocycles. The highest BCUT2D eigenvalue weighted by molar-refractivity contribution is 7.89. The lowest BCUT2D eigenvalue weighted by Gasteiger charge is -2.21. The molecule has 3 rings (SSSR count). The minimum Gasteiger partial charge on any atom is -0.463 e. The van der Waals surface area contributed by atoms with E-state index in [9.17, 15) is 18.0 Å². The van der Waals surface area contributed by atoms with Gasteiger partial charge in [0.25, 0.3) is 5.91 Å². The van der Waals surface area contributed by atoms with Crippen molar-refractivity contribution in [3.63, 3.8) is 0 Å². The number of nitrogens with zero attached hydrogens (tertiary/aromatic N) is 2. The Balaban J connectivity index is 1.79. The van der Waals surface area contributed by atoms with Gasteiger partial charge in [0.15, 0.2) is 0 Å². The third-order valence-corrected chi connectivity index (χ3v) is 6.06. The van der Waals surface area contributed by atoms with Crippen molar-refractivity contribution < 1.29 is 22.4 Å². The highest BCUT2D eigenvalue weighted by Gasteiger charge is 2.27. The molecule has 1 aromatic heterocycles. The van der Waals surface area contributed by atoms with Crippen LogP contribution in [0.25, 0.3) is 0 Å².